The number of non-ortho nitro benzene ring substituents is 1. The van der Waals surface area contributed by atoms with E-state index < -0.39 is 10.7 Å². The molecule has 2 rings (SSSR count). The van der Waals surface area contributed by atoms with Crippen LogP contribution < -0.4 is 10.1 Å². The quantitative estimate of drug-likeness (QED) is 0.647. The van der Waals surface area contributed by atoms with Crippen LogP contribution in [0.1, 0.15) is 12.8 Å². The summed E-state index contributed by atoms with van der Waals surface area (Å²) in [4.78, 5) is 10.0. The van der Waals surface area contributed by atoms with E-state index in [9.17, 15) is 14.5 Å². The van der Waals surface area contributed by atoms with Gasteiger partial charge in [-0.25, -0.2) is 4.39 Å². The van der Waals surface area contributed by atoms with E-state index in [2.05, 4.69) is 5.32 Å². The Morgan fingerprint density at radius 1 is 1.41 bits per heavy atom. The highest BCUT2D eigenvalue weighted by Crippen LogP contribution is 2.25. The molecule has 1 aromatic rings. The smallest absolute Gasteiger partial charge is 0.273 e. The maximum Gasteiger partial charge on any atom is 0.273 e. The summed E-state index contributed by atoms with van der Waals surface area (Å²) >= 11 is 0. The van der Waals surface area contributed by atoms with E-state index in [0.29, 0.717) is 0 Å². The Morgan fingerprint density at radius 3 is 2.76 bits per heavy atom. The van der Waals surface area contributed by atoms with E-state index in [1.807, 2.05) is 0 Å². The van der Waals surface area contributed by atoms with Gasteiger partial charge in [0.25, 0.3) is 5.69 Å². The van der Waals surface area contributed by atoms with Crippen molar-refractivity contribution in [1.82, 2.24) is 5.32 Å². The number of hydrogen-bond acceptors (Lipinski definition) is 4. The predicted octanol–water partition coefficient (Wildman–Crippen LogP) is 1.86. The molecule has 1 heterocycles. The van der Waals surface area contributed by atoms with Crippen LogP contribution >= 0.6 is 0 Å². The lowest BCUT2D eigenvalue weighted by atomic mass is 10.1. The fourth-order valence-corrected chi connectivity index (χ4v) is 1.79. The zero-order chi connectivity index (χ0) is 12.3. The third-order valence-electron chi connectivity index (χ3n) is 2.71. The first-order valence-electron chi connectivity index (χ1n) is 5.48. The molecule has 1 N–H and O–H groups in total. The summed E-state index contributed by atoms with van der Waals surface area (Å²) in [6.45, 7) is 1.64. The van der Waals surface area contributed by atoms with Gasteiger partial charge in [0.15, 0.2) is 11.6 Å². The second kappa shape index (κ2) is 5.09. The van der Waals surface area contributed by atoms with E-state index in [4.69, 9.17) is 4.74 Å². The molecule has 1 fully saturated rings. The molecule has 0 bridgehead atoms. The highest BCUT2D eigenvalue weighted by atomic mass is 19.1. The van der Waals surface area contributed by atoms with Crippen molar-refractivity contribution in [2.24, 2.45) is 0 Å². The first-order valence-corrected chi connectivity index (χ1v) is 5.48. The maximum absolute atomic E-state index is 13.4. The first-order chi connectivity index (χ1) is 8.16. The van der Waals surface area contributed by atoms with Gasteiger partial charge in [-0.05, 0) is 32.0 Å². The lowest BCUT2D eigenvalue weighted by Gasteiger charge is -2.23. The third-order valence-corrected chi connectivity index (χ3v) is 2.71. The molecule has 6 heteroatoms. The molecule has 0 aromatic heterocycles. The van der Waals surface area contributed by atoms with Gasteiger partial charge in [-0.1, -0.05) is 0 Å². The Bertz CT molecular complexity index is 419. The highest BCUT2D eigenvalue weighted by molar-refractivity contribution is 5.39. The van der Waals surface area contributed by atoms with Crippen molar-refractivity contribution < 1.29 is 14.1 Å². The first kappa shape index (κ1) is 11.8. The number of benzene rings is 1. The summed E-state index contributed by atoms with van der Waals surface area (Å²) in [6.07, 6.45) is 1.48. The largest absolute Gasteiger partial charge is 0.487 e. The molecule has 1 aromatic carbocycles. The Morgan fingerprint density at radius 2 is 2.12 bits per heavy atom. The van der Waals surface area contributed by atoms with E-state index in [1.54, 1.807) is 0 Å². The van der Waals surface area contributed by atoms with Crippen molar-refractivity contribution >= 4 is 5.69 Å². The van der Waals surface area contributed by atoms with E-state index in [-0.39, 0.29) is 17.5 Å². The number of nitro benzene ring substituents is 1. The molecule has 5 nitrogen and oxygen atoms in total. The van der Waals surface area contributed by atoms with Gasteiger partial charge >= 0.3 is 0 Å². The van der Waals surface area contributed by atoms with E-state index in [1.165, 1.54) is 0 Å². The number of nitro groups is 1. The van der Waals surface area contributed by atoms with Gasteiger partial charge in [0, 0.05) is 6.07 Å². The standard InChI is InChI=1S/C11H13FN2O3/c12-10-2-1-8(14(15)16)7-11(10)17-9-3-5-13-6-4-9/h1-2,7,9,13H,3-6H2. The van der Waals surface area contributed by atoms with Crippen molar-refractivity contribution in [3.63, 3.8) is 0 Å². The molecule has 0 spiro atoms. The minimum atomic E-state index is -0.561. The monoisotopic (exact) mass is 240 g/mol. The van der Waals surface area contributed by atoms with E-state index in [0.717, 1.165) is 44.1 Å². The zero-order valence-electron chi connectivity index (χ0n) is 9.19. The summed E-state index contributed by atoms with van der Waals surface area (Å²) in [5, 5.41) is 13.7. The molecule has 0 atom stereocenters. The van der Waals surface area contributed by atoms with Gasteiger partial charge in [0.1, 0.15) is 6.10 Å². The summed E-state index contributed by atoms with van der Waals surface area (Å²) < 4.78 is 18.9. The summed E-state index contributed by atoms with van der Waals surface area (Å²) in [6, 6.07) is 3.33. The minimum absolute atomic E-state index is 0.0360. The Kier molecular flexibility index (Phi) is 3.53. The molecule has 0 unspecified atom stereocenters. The van der Waals surface area contributed by atoms with Gasteiger partial charge in [0.05, 0.1) is 11.0 Å². The number of halogens is 1. The third kappa shape index (κ3) is 2.91. The Labute approximate surface area is 97.7 Å². The Balaban J connectivity index is 2.13. The van der Waals surface area contributed by atoms with Crippen LogP contribution in [0.25, 0.3) is 0 Å². The average molecular weight is 240 g/mol. The topological polar surface area (TPSA) is 64.4 Å². The molecule has 92 valence electrons. The summed E-state index contributed by atoms with van der Waals surface area (Å²) in [5.74, 6) is -0.597. The van der Waals surface area contributed by atoms with Crippen LogP contribution in [0.2, 0.25) is 0 Å². The Hall–Kier alpha value is -1.69. The van der Waals surface area contributed by atoms with Crippen molar-refractivity contribution in [2.45, 2.75) is 18.9 Å². The molecular weight excluding hydrogens is 227 g/mol. The lowest BCUT2D eigenvalue weighted by Crippen LogP contribution is -2.34. The van der Waals surface area contributed by atoms with Crippen LogP contribution in [0.4, 0.5) is 10.1 Å². The second-order valence-corrected chi connectivity index (χ2v) is 3.94. The number of nitrogens with one attached hydrogen (secondary N) is 1. The van der Waals surface area contributed by atoms with Crippen LogP contribution in [0.15, 0.2) is 18.2 Å². The minimum Gasteiger partial charge on any atom is -0.487 e. The summed E-state index contributed by atoms with van der Waals surface area (Å²) in [5.41, 5.74) is -0.157. The lowest BCUT2D eigenvalue weighted by molar-refractivity contribution is -0.385. The van der Waals surface area contributed by atoms with Crippen LogP contribution in [0.3, 0.4) is 0 Å². The number of ether oxygens (including phenoxy) is 1. The normalized spacial score (nSPS) is 16.8. The summed E-state index contributed by atoms with van der Waals surface area (Å²) in [7, 11) is 0. The van der Waals surface area contributed by atoms with E-state index >= 15 is 0 Å². The molecular formula is C11H13FN2O3. The van der Waals surface area contributed by atoms with Crippen molar-refractivity contribution in [2.75, 3.05) is 13.1 Å². The fourth-order valence-electron chi connectivity index (χ4n) is 1.79. The molecule has 0 saturated carbocycles. The number of hydrogen-bond donors (Lipinski definition) is 1. The maximum atomic E-state index is 13.4. The fraction of sp³-hybridized carbons (Fsp3) is 0.455. The van der Waals surface area contributed by atoms with Gasteiger partial charge in [-0.15, -0.1) is 0 Å². The van der Waals surface area contributed by atoms with Crippen LogP contribution in [-0.2, 0) is 0 Å². The van der Waals surface area contributed by atoms with Gasteiger partial charge < -0.3 is 10.1 Å². The molecule has 1 saturated heterocycles. The predicted molar refractivity (Wildman–Crippen MR) is 59.6 cm³/mol. The highest BCUT2D eigenvalue weighted by Gasteiger charge is 2.18. The van der Waals surface area contributed by atoms with Gasteiger partial charge in [0.2, 0.25) is 0 Å². The molecule has 17 heavy (non-hydrogen) atoms. The molecule has 0 radical (unpaired) electrons. The van der Waals surface area contributed by atoms with Crippen molar-refractivity contribution in [3.8, 4) is 5.75 Å². The van der Waals surface area contributed by atoms with Crippen LogP contribution in [0.5, 0.6) is 5.75 Å². The van der Waals surface area contributed by atoms with Crippen molar-refractivity contribution in [3.05, 3.63) is 34.1 Å². The molecule has 0 amide bonds. The second-order valence-electron chi connectivity index (χ2n) is 3.94. The SMILES string of the molecule is O=[N+]([O-])c1ccc(F)c(OC2CCNCC2)c1. The number of nitrogens with zero attached hydrogens (tertiary/aromatic N) is 1. The molecule has 0 aliphatic carbocycles. The van der Waals surface area contributed by atoms with Gasteiger partial charge in [-0.2, -0.15) is 0 Å². The van der Waals surface area contributed by atoms with Crippen LogP contribution in [-0.4, -0.2) is 24.1 Å². The van der Waals surface area contributed by atoms with Crippen LogP contribution in [0, 0.1) is 15.9 Å². The number of rotatable bonds is 3. The molecule has 1 aliphatic heterocycles. The van der Waals surface area contributed by atoms with Crippen molar-refractivity contribution in [1.29, 1.82) is 0 Å². The average Bonchev–Trinajstić information content (AvgIpc) is 2.33. The number of piperidine rings is 1. The zero-order valence-corrected chi connectivity index (χ0v) is 9.19. The van der Waals surface area contributed by atoms with Gasteiger partial charge in [-0.3, -0.25) is 10.1 Å². The molecule has 1 aliphatic rings.